The predicted octanol–water partition coefficient (Wildman–Crippen LogP) is 8.31. The molecule has 1 heterocycles. The molecule has 0 aromatic carbocycles. The quantitative estimate of drug-likeness (QED) is 0.248. The zero-order chi connectivity index (χ0) is 21.0. The van der Waals surface area contributed by atoms with Crippen molar-refractivity contribution in [3.8, 4) is 0 Å². The van der Waals surface area contributed by atoms with Crippen LogP contribution >= 0.6 is 0 Å². The lowest BCUT2D eigenvalue weighted by atomic mass is 9.69. The van der Waals surface area contributed by atoms with Crippen LogP contribution in [0.4, 0.5) is 0 Å². The largest absolute Gasteiger partial charge is 0.349 e. The van der Waals surface area contributed by atoms with E-state index in [1.165, 1.54) is 103 Å². The molecular formula is C28H50O2. The van der Waals surface area contributed by atoms with Crippen LogP contribution < -0.4 is 0 Å². The average Bonchev–Trinajstić information content (AvgIpc) is 2.79. The molecule has 0 aromatic heterocycles. The third kappa shape index (κ3) is 8.30. The normalized spacial score (nSPS) is 35.7. The van der Waals surface area contributed by atoms with E-state index in [-0.39, 0.29) is 6.29 Å². The summed E-state index contributed by atoms with van der Waals surface area (Å²) in [4.78, 5) is 0. The van der Waals surface area contributed by atoms with Crippen LogP contribution in [0, 0.1) is 29.6 Å². The number of hydrogen-bond donors (Lipinski definition) is 0. The SMILES string of the molecule is CCCCCCCC1COC(/C=C/C2CCC(C3CCC(CCC)CC3)CC2)OC1. The summed E-state index contributed by atoms with van der Waals surface area (Å²) in [5, 5.41) is 0. The van der Waals surface area contributed by atoms with Gasteiger partial charge in [-0.3, -0.25) is 0 Å². The molecule has 30 heavy (non-hydrogen) atoms. The van der Waals surface area contributed by atoms with E-state index in [0.29, 0.717) is 5.92 Å². The van der Waals surface area contributed by atoms with E-state index in [1.54, 1.807) is 0 Å². The molecule has 0 unspecified atom stereocenters. The van der Waals surface area contributed by atoms with Crippen molar-refractivity contribution in [3.63, 3.8) is 0 Å². The van der Waals surface area contributed by atoms with Crippen LogP contribution in [0.25, 0.3) is 0 Å². The maximum atomic E-state index is 6.00. The third-order valence-corrected chi connectivity index (χ3v) is 8.32. The molecule has 2 aliphatic carbocycles. The second-order valence-corrected chi connectivity index (χ2v) is 10.7. The van der Waals surface area contributed by atoms with Crippen molar-refractivity contribution in [1.29, 1.82) is 0 Å². The van der Waals surface area contributed by atoms with E-state index in [9.17, 15) is 0 Å². The van der Waals surface area contributed by atoms with Gasteiger partial charge in [0, 0.05) is 5.92 Å². The summed E-state index contributed by atoms with van der Waals surface area (Å²) in [5.41, 5.74) is 0. The topological polar surface area (TPSA) is 18.5 Å². The van der Waals surface area contributed by atoms with Gasteiger partial charge in [0.05, 0.1) is 13.2 Å². The van der Waals surface area contributed by atoms with Crippen LogP contribution in [0.1, 0.15) is 117 Å². The Bertz CT molecular complexity index is 449. The van der Waals surface area contributed by atoms with Crippen molar-refractivity contribution >= 4 is 0 Å². The van der Waals surface area contributed by atoms with Crippen LogP contribution in [-0.2, 0) is 9.47 Å². The summed E-state index contributed by atoms with van der Waals surface area (Å²) >= 11 is 0. The summed E-state index contributed by atoms with van der Waals surface area (Å²) in [6.45, 7) is 6.39. The maximum Gasteiger partial charge on any atom is 0.176 e. The Balaban J connectivity index is 1.26. The molecule has 3 aliphatic rings. The number of hydrogen-bond acceptors (Lipinski definition) is 2. The summed E-state index contributed by atoms with van der Waals surface area (Å²) in [6, 6.07) is 0. The number of allylic oxidation sites excluding steroid dienone is 1. The Morgan fingerprint density at radius 1 is 0.600 bits per heavy atom. The highest BCUT2D eigenvalue weighted by molar-refractivity contribution is 4.95. The second kappa shape index (κ2) is 13.9. The van der Waals surface area contributed by atoms with Crippen LogP contribution in [-0.4, -0.2) is 19.5 Å². The smallest absolute Gasteiger partial charge is 0.176 e. The molecule has 0 spiro atoms. The first-order chi connectivity index (χ1) is 14.8. The first-order valence-electron chi connectivity index (χ1n) is 13.7. The van der Waals surface area contributed by atoms with Gasteiger partial charge in [-0.2, -0.15) is 0 Å². The minimum Gasteiger partial charge on any atom is -0.349 e. The van der Waals surface area contributed by atoms with Gasteiger partial charge in [0.1, 0.15) is 0 Å². The predicted molar refractivity (Wildman–Crippen MR) is 128 cm³/mol. The van der Waals surface area contributed by atoms with Gasteiger partial charge in [-0.15, -0.1) is 0 Å². The maximum absolute atomic E-state index is 6.00. The molecule has 1 aliphatic heterocycles. The molecular weight excluding hydrogens is 368 g/mol. The minimum absolute atomic E-state index is 0.0899. The molecule has 0 N–H and O–H groups in total. The summed E-state index contributed by atoms with van der Waals surface area (Å²) < 4.78 is 12.0. The van der Waals surface area contributed by atoms with E-state index >= 15 is 0 Å². The van der Waals surface area contributed by atoms with Gasteiger partial charge < -0.3 is 9.47 Å². The molecule has 0 atom stereocenters. The third-order valence-electron chi connectivity index (χ3n) is 8.32. The van der Waals surface area contributed by atoms with Crippen molar-refractivity contribution in [1.82, 2.24) is 0 Å². The lowest BCUT2D eigenvalue weighted by Gasteiger charge is -2.37. The number of unbranched alkanes of at least 4 members (excludes halogenated alkanes) is 4. The van der Waals surface area contributed by atoms with Gasteiger partial charge in [-0.25, -0.2) is 0 Å². The molecule has 2 heteroatoms. The molecule has 2 saturated carbocycles. The van der Waals surface area contributed by atoms with Crippen LogP contribution in [0.3, 0.4) is 0 Å². The molecule has 2 nitrogen and oxygen atoms in total. The van der Waals surface area contributed by atoms with Gasteiger partial charge in [0.25, 0.3) is 0 Å². The fraction of sp³-hybridized carbons (Fsp3) is 0.929. The highest BCUT2D eigenvalue weighted by Gasteiger charge is 2.30. The first kappa shape index (κ1) is 24.3. The van der Waals surface area contributed by atoms with Crippen LogP contribution in [0.15, 0.2) is 12.2 Å². The van der Waals surface area contributed by atoms with Gasteiger partial charge in [0.15, 0.2) is 6.29 Å². The minimum atomic E-state index is -0.0899. The van der Waals surface area contributed by atoms with E-state index in [4.69, 9.17) is 9.47 Å². The molecule has 3 rings (SSSR count). The Hall–Kier alpha value is -0.340. The zero-order valence-electron chi connectivity index (χ0n) is 20.2. The van der Waals surface area contributed by atoms with Crippen molar-refractivity contribution in [3.05, 3.63) is 12.2 Å². The zero-order valence-corrected chi connectivity index (χ0v) is 20.2. The fourth-order valence-corrected chi connectivity index (χ4v) is 6.29. The van der Waals surface area contributed by atoms with Gasteiger partial charge >= 0.3 is 0 Å². The highest BCUT2D eigenvalue weighted by atomic mass is 16.7. The fourth-order valence-electron chi connectivity index (χ4n) is 6.29. The van der Waals surface area contributed by atoms with Gasteiger partial charge in [-0.1, -0.05) is 77.7 Å². The van der Waals surface area contributed by atoms with E-state index < -0.39 is 0 Å². The van der Waals surface area contributed by atoms with Crippen molar-refractivity contribution < 1.29 is 9.47 Å². The Kier molecular flexibility index (Phi) is 11.3. The Labute approximate surface area is 187 Å². The van der Waals surface area contributed by atoms with Crippen molar-refractivity contribution in [2.24, 2.45) is 29.6 Å². The molecule has 1 saturated heterocycles. The summed E-state index contributed by atoms with van der Waals surface area (Å²) in [7, 11) is 0. The van der Waals surface area contributed by atoms with E-state index in [2.05, 4.69) is 26.0 Å². The van der Waals surface area contributed by atoms with Crippen molar-refractivity contribution in [2.45, 2.75) is 123 Å². The van der Waals surface area contributed by atoms with Crippen molar-refractivity contribution in [2.75, 3.05) is 13.2 Å². The average molecular weight is 419 g/mol. The summed E-state index contributed by atoms with van der Waals surface area (Å²) in [6.07, 6.45) is 27.2. The Morgan fingerprint density at radius 2 is 1.23 bits per heavy atom. The number of ether oxygens (including phenoxy) is 2. The van der Waals surface area contributed by atoms with Crippen LogP contribution in [0.2, 0.25) is 0 Å². The molecule has 0 amide bonds. The van der Waals surface area contributed by atoms with Gasteiger partial charge in [-0.05, 0) is 74.7 Å². The van der Waals surface area contributed by atoms with Gasteiger partial charge in [0.2, 0.25) is 0 Å². The molecule has 0 aromatic rings. The monoisotopic (exact) mass is 418 g/mol. The number of rotatable bonds is 11. The highest BCUT2D eigenvalue weighted by Crippen LogP contribution is 2.42. The first-order valence-corrected chi connectivity index (χ1v) is 13.7. The molecule has 174 valence electrons. The summed E-state index contributed by atoms with van der Waals surface area (Å²) in [5.74, 6) is 4.45. The standard InChI is InChI=1S/C28H50O2/c1-3-5-6-7-8-10-25-21-29-28(30-22-25)20-15-24-13-18-27(19-14-24)26-16-11-23(9-4-2)12-17-26/h15,20,23-28H,3-14,16-19,21-22H2,1-2H3/b20-15+. The lowest BCUT2D eigenvalue weighted by molar-refractivity contribution is -0.175. The van der Waals surface area contributed by atoms with E-state index in [1.807, 2.05) is 0 Å². The molecule has 0 bridgehead atoms. The van der Waals surface area contributed by atoms with E-state index in [0.717, 1.165) is 36.9 Å². The lowest BCUT2D eigenvalue weighted by Crippen LogP contribution is -2.31. The molecule has 0 radical (unpaired) electrons. The Morgan fingerprint density at radius 3 is 1.87 bits per heavy atom. The molecule has 3 fully saturated rings. The van der Waals surface area contributed by atoms with Crippen LogP contribution in [0.5, 0.6) is 0 Å². The second-order valence-electron chi connectivity index (χ2n) is 10.7.